The van der Waals surface area contributed by atoms with Gasteiger partial charge in [0.2, 0.25) is 5.90 Å². The van der Waals surface area contributed by atoms with Crippen molar-refractivity contribution in [1.29, 1.82) is 0 Å². The molecule has 0 bridgehead atoms. The van der Waals surface area contributed by atoms with Crippen molar-refractivity contribution in [2.45, 2.75) is 35.8 Å². The molecule has 12 heteroatoms. The molecule has 0 spiro atoms. The lowest BCUT2D eigenvalue weighted by molar-refractivity contribution is -0.130. The summed E-state index contributed by atoms with van der Waals surface area (Å²) in [6.45, 7) is 0.799. The lowest BCUT2D eigenvalue weighted by Gasteiger charge is -2.31. The molecule has 252 valence electrons. The van der Waals surface area contributed by atoms with Gasteiger partial charge in [0.1, 0.15) is 11.5 Å². The molecule has 48 heavy (non-hydrogen) atoms. The third-order valence-corrected chi connectivity index (χ3v) is 10.4. The largest absolute Gasteiger partial charge is 0.497 e. The Kier molecular flexibility index (Phi) is 11.9. The number of aliphatic imine (C=N–C) groups is 1. The molecule has 0 saturated carbocycles. The Labute approximate surface area is 289 Å². The number of hydrogen-bond donors (Lipinski definition) is 3. The van der Waals surface area contributed by atoms with Gasteiger partial charge in [-0.15, -0.1) is 0 Å². The molecule has 4 aromatic rings. The van der Waals surface area contributed by atoms with E-state index in [1.54, 1.807) is 49.6 Å². The maximum absolute atomic E-state index is 14.4. The third kappa shape index (κ3) is 8.43. The van der Waals surface area contributed by atoms with Crippen molar-refractivity contribution in [3.05, 3.63) is 124 Å². The highest BCUT2D eigenvalue weighted by atomic mass is 79.9. The Hall–Kier alpha value is -4.23. The first-order valence-electron chi connectivity index (χ1n) is 15.5. The van der Waals surface area contributed by atoms with Crippen molar-refractivity contribution >= 4 is 37.6 Å². The molecule has 1 amide bonds. The van der Waals surface area contributed by atoms with Crippen LogP contribution in [-0.4, -0.2) is 63.5 Å². The van der Waals surface area contributed by atoms with Crippen LogP contribution < -0.4 is 20.3 Å². The van der Waals surface area contributed by atoms with Crippen LogP contribution in [0, 0.1) is 0 Å². The van der Waals surface area contributed by atoms with Crippen molar-refractivity contribution in [2.24, 2.45) is 4.99 Å². The van der Waals surface area contributed by atoms with E-state index in [-0.39, 0.29) is 29.6 Å². The van der Waals surface area contributed by atoms with Gasteiger partial charge in [-0.25, -0.2) is 18.8 Å². The van der Waals surface area contributed by atoms with E-state index < -0.39 is 27.4 Å². The first-order chi connectivity index (χ1) is 23.3. The van der Waals surface area contributed by atoms with Crippen LogP contribution in [0.25, 0.3) is 0 Å². The molecule has 1 aliphatic rings. The number of benzene rings is 4. The summed E-state index contributed by atoms with van der Waals surface area (Å²) < 4.78 is 45.2. The molecular weight excluding hydrogens is 698 g/mol. The van der Waals surface area contributed by atoms with Gasteiger partial charge in [0.25, 0.3) is 5.91 Å². The standard InChI is InChI=1S/C36H38BrN3O7S/c1-45-28-16-12-26(13-17-28)20-22-38-40-35(42)36(21-25-48(43,44)30-8-3-2-4-9-30)33(31-10-5-6-11-32(31)37)47-34(39-36)27-14-18-29(19-15-27)46-24-7-23-41/h2-6,8-19,33,38,41H,7,20-25H2,1H3,(H,40,42)/t33-,36-/m0/s1. The van der Waals surface area contributed by atoms with Gasteiger partial charge in [0.15, 0.2) is 21.5 Å². The van der Waals surface area contributed by atoms with E-state index >= 15 is 0 Å². The quantitative estimate of drug-likeness (QED) is 0.106. The number of nitrogens with one attached hydrogen (secondary N) is 2. The molecule has 3 N–H and O–H groups in total. The van der Waals surface area contributed by atoms with Gasteiger partial charge in [-0.05, 0) is 66.6 Å². The highest BCUT2D eigenvalue weighted by Crippen LogP contribution is 2.45. The Morgan fingerprint density at radius 2 is 1.65 bits per heavy atom. The molecule has 1 heterocycles. The van der Waals surface area contributed by atoms with Gasteiger partial charge in [-0.3, -0.25) is 10.2 Å². The molecule has 0 fully saturated rings. The third-order valence-electron chi connectivity index (χ3n) is 7.97. The molecular formula is C36H38BrN3O7S. The summed E-state index contributed by atoms with van der Waals surface area (Å²) in [4.78, 5) is 19.4. The van der Waals surface area contributed by atoms with Crippen LogP contribution >= 0.6 is 15.9 Å². The van der Waals surface area contributed by atoms with E-state index in [1.807, 2.05) is 48.5 Å². The fraction of sp³-hybridized carbons (Fsp3) is 0.278. The second-order valence-corrected chi connectivity index (χ2v) is 14.1. The minimum Gasteiger partial charge on any atom is -0.497 e. The molecule has 0 unspecified atom stereocenters. The predicted molar refractivity (Wildman–Crippen MR) is 187 cm³/mol. The zero-order chi connectivity index (χ0) is 34.0. The van der Waals surface area contributed by atoms with Crippen molar-refractivity contribution in [3.63, 3.8) is 0 Å². The zero-order valence-electron chi connectivity index (χ0n) is 26.5. The number of ether oxygens (including phenoxy) is 3. The van der Waals surface area contributed by atoms with Crippen LogP contribution in [0.15, 0.2) is 117 Å². The van der Waals surface area contributed by atoms with E-state index in [2.05, 4.69) is 26.8 Å². The smallest absolute Gasteiger partial charge is 0.266 e. The number of aliphatic hydroxyl groups excluding tert-OH is 1. The molecule has 2 atom stereocenters. The summed E-state index contributed by atoms with van der Waals surface area (Å²) >= 11 is 3.61. The number of amides is 1. The lowest BCUT2D eigenvalue weighted by atomic mass is 9.85. The van der Waals surface area contributed by atoms with Gasteiger partial charge in [0, 0.05) is 41.6 Å². The number of hydrogen-bond acceptors (Lipinski definition) is 9. The van der Waals surface area contributed by atoms with Crippen LogP contribution in [0.4, 0.5) is 0 Å². The first-order valence-corrected chi connectivity index (χ1v) is 18.0. The molecule has 0 saturated heterocycles. The number of methoxy groups -OCH3 is 1. The monoisotopic (exact) mass is 735 g/mol. The van der Waals surface area contributed by atoms with Gasteiger partial charge < -0.3 is 19.3 Å². The summed E-state index contributed by atoms with van der Waals surface area (Å²) in [5.74, 6) is 0.675. The maximum Gasteiger partial charge on any atom is 0.266 e. The number of sulfone groups is 1. The van der Waals surface area contributed by atoms with Gasteiger partial charge in [0.05, 0.1) is 24.4 Å². The van der Waals surface area contributed by atoms with Gasteiger partial charge in [-0.2, -0.15) is 0 Å². The van der Waals surface area contributed by atoms with E-state index in [0.717, 1.165) is 11.3 Å². The number of aliphatic hydroxyl groups is 1. The predicted octanol–water partition coefficient (Wildman–Crippen LogP) is 5.20. The Morgan fingerprint density at radius 1 is 0.958 bits per heavy atom. The number of hydrazine groups is 1. The number of carbonyl (C=O) groups is 1. The fourth-order valence-electron chi connectivity index (χ4n) is 5.32. The molecule has 0 radical (unpaired) electrons. The number of nitrogens with zero attached hydrogens (tertiary/aromatic N) is 1. The highest BCUT2D eigenvalue weighted by molar-refractivity contribution is 9.10. The highest BCUT2D eigenvalue weighted by Gasteiger charge is 2.54. The summed E-state index contributed by atoms with van der Waals surface area (Å²) in [5.41, 5.74) is 6.44. The Morgan fingerprint density at radius 3 is 2.33 bits per heavy atom. The van der Waals surface area contributed by atoms with Crippen LogP contribution in [-0.2, 0) is 25.8 Å². The number of carbonyl (C=O) groups excluding carboxylic acids is 1. The summed E-state index contributed by atoms with van der Waals surface area (Å²) in [6.07, 6.45) is 0.0000538. The summed E-state index contributed by atoms with van der Waals surface area (Å²) in [5, 5.41) is 9.07. The first kappa shape index (κ1) is 35.1. The molecule has 10 nitrogen and oxygen atoms in total. The average Bonchev–Trinajstić information content (AvgIpc) is 3.51. The van der Waals surface area contributed by atoms with E-state index in [0.29, 0.717) is 47.3 Å². The summed E-state index contributed by atoms with van der Waals surface area (Å²) in [7, 11) is -2.17. The van der Waals surface area contributed by atoms with Crippen LogP contribution in [0.5, 0.6) is 11.5 Å². The van der Waals surface area contributed by atoms with Crippen molar-refractivity contribution in [2.75, 3.05) is 32.6 Å². The fourth-order valence-corrected chi connectivity index (χ4v) is 7.20. The topological polar surface area (TPSA) is 136 Å². The normalized spacial score (nSPS) is 17.3. The van der Waals surface area contributed by atoms with E-state index in [4.69, 9.17) is 24.3 Å². The Balaban J connectivity index is 1.47. The minimum atomic E-state index is -3.78. The second-order valence-electron chi connectivity index (χ2n) is 11.2. The summed E-state index contributed by atoms with van der Waals surface area (Å²) in [6, 6.07) is 30.2. The molecule has 0 aliphatic carbocycles. The van der Waals surface area contributed by atoms with Gasteiger partial charge >= 0.3 is 0 Å². The van der Waals surface area contributed by atoms with Crippen molar-refractivity contribution < 1.29 is 32.5 Å². The van der Waals surface area contributed by atoms with Gasteiger partial charge in [-0.1, -0.05) is 64.5 Å². The maximum atomic E-state index is 14.4. The van der Waals surface area contributed by atoms with E-state index in [1.165, 1.54) is 12.1 Å². The molecule has 0 aromatic heterocycles. The molecule has 1 aliphatic heterocycles. The number of halogens is 1. The molecule has 5 rings (SSSR count). The van der Waals surface area contributed by atoms with Crippen LogP contribution in [0.2, 0.25) is 0 Å². The van der Waals surface area contributed by atoms with Crippen LogP contribution in [0.3, 0.4) is 0 Å². The lowest BCUT2D eigenvalue weighted by Crippen LogP contribution is -2.53. The Bertz CT molecular complexity index is 1800. The zero-order valence-corrected chi connectivity index (χ0v) is 28.9. The van der Waals surface area contributed by atoms with Crippen LogP contribution in [0.1, 0.15) is 35.6 Å². The van der Waals surface area contributed by atoms with Crippen molar-refractivity contribution in [3.8, 4) is 11.5 Å². The number of rotatable bonds is 16. The van der Waals surface area contributed by atoms with Crippen molar-refractivity contribution in [1.82, 2.24) is 10.9 Å². The average molecular weight is 737 g/mol. The minimum absolute atomic E-state index is 0.0274. The molecule has 4 aromatic carbocycles. The van der Waals surface area contributed by atoms with E-state index in [9.17, 15) is 13.2 Å². The second kappa shape index (κ2) is 16.2. The SMILES string of the molecule is COc1ccc(CCNNC(=O)[C@@]2(CCS(=O)(=O)c3ccccc3)N=C(c3ccc(OCCCO)cc3)O[C@H]2c2ccccc2Br)cc1.